The number of esters is 1. The highest BCUT2D eigenvalue weighted by molar-refractivity contribution is 5.84. The van der Waals surface area contributed by atoms with E-state index < -0.39 is 24.2 Å². The number of Topliss-reactive ketones (excluding diaryl/α,β-unsaturated/α-hetero) is 1. The largest absolute Gasteiger partial charge is 0.459 e. The number of ketones is 1. The Bertz CT molecular complexity index is 945. The molecular formula is C33H51NO6. The van der Waals surface area contributed by atoms with Crippen molar-refractivity contribution in [2.75, 3.05) is 0 Å². The van der Waals surface area contributed by atoms with E-state index in [2.05, 4.69) is 12.2 Å². The lowest BCUT2D eigenvalue weighted by Gasteiger charge is -2.22. The van der Waals surface area contributed by atoms with Crippen molar-refractivity contribution in [2.45, 2.75) is 129 Å². The van der Waals surface area contributed by atoms with Crippen molar-refractivity contribution >= 4 is 17.7 Å². The predicted octanol–water partition coefficient (Wildman–Crippen LogP) is 5.73. The Balaban J connectivity index is 1.63. The highest BCUT2D eigenvalue weighted by Gasteiger charge is 2.40. The van der Waals surface area contributed by atoms with Gasteiger partial charge in [0, 0.05) is 19.3 Å². The molecule has 1 unspecified atom stereocenters. The van der Waals surface area contributed by atoms with Crippen molar-refractivity contribution in [1.29, 1.82) is 0 Å². The Labute approximate surface area is 240 Å². The van der Waals surface area contributed by atoms with Crippen LogP contribution in [0.3, 0.4) is 0 Å². The molecule has 1 aromatic carbocycles. The van der Waals surface area contributed by atoms with Crippen LogP contribution in [0.15, 0.2) is 36.4 Å². The van der Waals surface area contributed by atoms with E-state index in [0.717, 1.165) is 24.0 Å². The summed E-state index contributed by atoms with van der Waals surface area (Å²) in [4.78, 5) is 36.8. The quantitative estimate of drug-likeness (QED) is 0.114. The van der Waals surface area contributed by atoms with Gasteiger partial charge in [-0.15, -0.1) is 0 Å². The molecule has 1 aliphatic rings. The molecule has 0 radical (unpaired) electrons. The number of carbonyl (C=O) groups excluding carboxylic acids is 3. The maximum atomic E-state index is 12.3. The summed E-state index contributed by atoms with van der Waals surface area (Å²) in [5.74, 6) is -0.526. The van der Waals surface area contributed by atoms with Crippen LogP contribution >= 0.6 is 0 Å². The molecule has 0 saturated heterocycles. The lowest BCUT2D eigenvalue weighted by molar-refractivity contribution is -0.148. The maximum absolute atomic E-state index is 12.3. The standard InChI is InChI=1S/C33H51NO6/c1-4-5-6-7-10-17-27(35)20-21-29-28(30(36)22-31(29)37)18-11-8-9-12-19-32(38)34-25(3)33(39)40-23-26-16-14-13-15-24(26)2/h8,11,13-16,25,28-31,36-37H,4-7,9-10,12,17-23H2,1-3H3,(H,34,38)/b11-8-/t25?,28-,29-,30+,31-/m1/s1. The average Bonchev–Trinajstić information content (AvgIpc) is 3.19. The molecule has 1 aromatic rings. The lowest BCUT2D eigenvalue weighted by atomic mass is 9.86. The first-order valence-electron chi connectivity index (χ1n) is 15.3. The minimum atomic E-state index is -0.716. The van der Waals surface area contributed by atoms with Gasteiger partial charge in [-0.05, 0) is 75.3 Å². The van der Waals surface area contributed by atoms with Crippen LogP contribution in [0.1, 0.15) is 108 Å². The zero-order valence-electron chi connectivity index (χ0n) is 24.8. The highest BCUT2D eigenvalue weighted by Crippen LogP contribution is 2.38. The van der Waals surface area contributed by atoms with Crippen LogP contribution in [0.5, 0.6) is 0 Å². The minimum Gasteiger partial charge on any atom is -0.459 e. The average molecular weight is 558 g/mol. The molecule has 0 bridgehead atoms. The van der Waals surface area contributed by atoms with Crippen LogP contribution in [-0.4, -0.2) is 46.1 Å². The number of aliphatic hydroxyl groups is 2. The van der Waals surface area contributed by atoms with Crippen LogP contribution in [0.4, 0.5) is 0 Å². The second-order valence-electron chi connectivity index (χ2n) is 11.4. The third-order valence-electron chi connectivity index (χ3n) is 8.05. The van der Waals surface area contributed by atoms with Gasteiger partial charge < -0.3 is 20.3 Å². The van der Waals surface area contributed by atoms with Crippen molar-refractivity contribution in [3.8, 4) is 0 Å². The summed E-state index contributed by atoms with van der Waals surface area (Å²) in [6.07, 6.45) is 12.8. The Morgan fingerprint density at radius 1 is 0.975 bits per heavy atom. The number of allylic oxidation sites excluding steroid dienone is 2. The number of carbonyl (C=O) groups is 3. The Morgan fingerprint density at radius 2 is 1.70 bits per heavy atom. The third kappa shape index (κ3) is 12.3. The molecule has 7 heteroatoms. The molecule has 7 nitrogen and oxygen atoms in total. The van der Waals surface area contributed by atoms with Gasteiger partial charge in [0.15, 0.2) is 0 Å². The highest BCUT2D eigenvalue weighted by atomic mass is 16.5. The number of amides is 1. The Hall–Kier alpha value is -2.51. The first kappa shape index (κ1) is 33.7. The lowest BCUT2D eigenvalue weighted by Crippen LogP contribution is -2.39. The SMILES string of the molecule is CCCCCCCC(=O)CC[C@@H]1[C@@H](C/C=C\CCCC(=O)NC(C)C(=O)OCc2ccccc2C)[C@@H](O)C[C@H]1O. The van der Waals surface area contributed by atoms with Crippen LogP contribution in [0, 0.1) is 18.8 Å². The van der Waals surface area contributed by atoms with Gasteiger partial charge in [0.05, 0.1) is 12.2 Å². The maximum Gasteiger partial charge on any atom is 0.328 e. The molecule has 0 spiro atoms. The van der Waals surface area contributed by atoms with Crippen molar-refractivity contribution in [3.05, 3.63) is 47.5 Å². The third-order valence-corrected chi connectivity index (χ3v) is 8.05. The molecule has 0 heterocycles. The van der Waals surface area contributed by atoms with E-state index in [1.807, 2.05) is 43.3 Å². The van der Waals surface area contributed by atoms with Crippen LogP contribution in [0.25, 0.3) is 0 Å². The van der Waals surface area contributed by atoms with Gasteiger partial charge in [-0.3, -0.25) is 9.59 Å². The smallest absolute Gasteiger partial charge is 0.328 e. The first-order valence-corrected chi connectivity index (χ1v) is 15.3. The van der Waals surface area contributed by atoms with E-state index in [4.69, 9.17) is 4.74 Å². The summed E-state index contributed by atoms with van der Waals surface area (Å²) < 4.78 is 5.34. The van der Waals surface area contributed by atoms with Gasteiger partial charge in [-0.1, -0.05) is 69.0 Å². The number of benzene rings is 1. The van der Waals surface area contributed by atoms with Crippen molar-refractivity contribution in [3.63, 3.8) is 0 Å². The number of aryl methyl sites for hydroxylation is 1. The van der Waals surface area contributed by atoms with E-state index in [1.165, 1.54) is 19.3 Å². The molecule has 224 valence electrons. The predicted molar refractivity (Wildman–Crippen MR) is 157 cm³/mol. The fourth-order valence-corrected chi connectivity index (χ4v) is 5.45. The van der Waals surface area contributed by atoms with Crippen LogP contribution < -0.4 is 5.32 Å². The van der Waals surface area contributed by atoms with E-state index in [1.54, 1.807) is 6.92 Å². The molecule has 2 rings (SSSR count). The van der Waals surface area contributed by atoms with Gasteiger partial charge in [-0.25, -0.2) is 4.79 Å². The molecule has 0 aliphatic heterocycles. The molecule has 1 amide bonds. The molecule has 5 atom stereocenters. The molecule has 1 fully saturated rings. The Kier molecular flexibility index (Phi) is 15.8. The summed E-state index contributed by atoms with van der Waals surface area (Å²) in [6, 6.07) is 6.98. The number of unbranched alkanes of at least 4 members (excludes halogenated alkanes) is 5. The number of hydrogen-bond acceptors (Lipinski definition) is 6. The summed E-state index contributed by atoms with van der Waals surface area (Å²) in [6.45, 7) is 5.94. The van der Waals surface area contributed by atoms with E-state index >= 15 is 0 Å². The van der Waals surface area contributed by atoms with E-state index in [0.29, 0.717) is 51.4 Å². The van der Waals surface area contributed by atoms with Gasteiger partial charge in [-0.2, -0.15) is 0 Å². The second kappa shape index (κ2) is 18.8. The molecule has 0 aromatic heterocycles. The molecule has 3 N–H and O–H groups in total. The topological polar surface area (TPSA) is 113 Å². The fourth-order valence-electron chi connectivity index (χ4n) is 5.45. The van der Waals surface area contributed by atoms with Crippen LogP contribution in [-0.2, 0) is 25.7 Å². The molecule has 1 aliphatic carbocycles. The number of nitrogens with one attached hydrogen (secondary N) is 1. The van der Waals surface area contributed by atoms with Gasteiger partial charge in [0.1, 0.15) is 18.4 Å². The number of hydrogen-bond donors (Lipinski definition) is 3. The van der Waals surface area contributed by atoms with Gasteiger partial charge in [0.2, 0.25) is 5.91 Å². The molecule has 40 heavy (non-hydrogen) atoms. The Morgan fingerprint density at radius 3 is 2.45 bits per heavy atom. The van der Waals surface area contributed by atoms with Crippen LogP contribution in [0.2, 0.25) is 0 Å². The summed E-state index contributed by atoms with van der Waals surface area (Å²) in [7, 11) is 0. The number of ether oxygens (including phenoxy) is 1. The summed E-state index contributed by atoms with van der Waals surface area (Å²) >= 11 is 0. The summed E-state index contributed by atoms with van der Waals surface area (Å²) in [5, 5.41) is 23.6. The zero-order chi connectivity index (χ0) is 29.3. The number of rotatable bonds is 19. The van der Waals surface area contributed by atoms with E-state index in [-0.39, 0.29) is 30.1 Å². The summed E-state index contributed by atoms with van der Waals surface area (Å²) in [5.41, 5.74) is 1.99. The fraction of sp³-hybridized carbons (Fsp3) is 0.667. The minimum absolute atomic E-state index is 0.0570. The van der Waals surface area contributed by atoms with Crippen molar-refractivity contribution < 1.29 is 29.3 Å². The normalized spacial score (nSPS) is 21.4. The second-order valence-corrected chi connectivity index (χ2v) is 11.4. The van der Waals surface area contributed by atoms with Gasteiger partial charge >= 0.3 is 5.97 Å². The first-order chi connectivity index (χ1) is 19.2. The monoisotopic (exact) mass is 557 g/mol. The van der Waals surface area contributed by atoms with E-state index in [9.17, 15) is 24.6 Å². The molecule has 1 saturated carbocycles. The molecular weight excluding hydrogens is 506 g/mol. The van der Waals surface area contributed by atoms with Gasteiger partial charge in [0.25, 0.3) is 0 Å². The van der Waals surface area contributed by atoms with Crippen molar-refractivity contribution in [1.82, 2.24) is 5.32 Å². The van der Waals surface area contributed by atoms with Crippen molar-refractivity contribution in [2.24, 2.45) is 11.8 Å². The zero-order valence-corrected chi connectivity index (χ0v) is 24.8. The number of aliphatic hydroxyl groups excluding tert-OH is 2.